The Morgan fingerprint density at radius 2 is 1.95 bits per heavy atom. The standard InChI is InChI=1S/C16H15ClFN/c17-14-4-3-13-8-12(10-19-16(13)9-14)7-11-1-5-15(18)6-2-11/h1-6,9,12,19H,7-8,10H2. The summed E-state index contributed by atoms with van der Waals surface area (Å²) in [5.41, 5.74) is 3.64. The van der Waals surface area contributed by atoms with Gasteiger partial charge in [-0.25, -0.2) is 4.39 Å². The van der Waals surface area contributed by atoms with Crippen LogP contribution in [0.2, 0.25) is 5.02 Å². The van der Waals surface area contributed by atoms with Crippen LogP contribution in [-0.2, 0) is 12.8 Å². The number of fused-ring (bicyclic) bond motifs is 1. The Morgan fingerprint density at radius 3 is 2.74 bits per heavy atom. The van der Waals surface area contributed by atoms with Crippen LogP contribution in [0.4, 0.5) is 10.1 Å². The quantitative estimate of drug-likeness (QED) is 0.861. The summed E-state index contributed by atoms with van der Waals surface area (Å²) in [4.78, 5) is 0. The van der Waals surface area contributed by atoms with Crippen molar-refractivity contribution in [1.29, 1.82) is 0 Å². The molecule has 0 radical (unpaired) electrons. The van der Waals surface area contributed by atoms with Crippen molar-refractivity contribution in [3.05, 3.63) is 64.4 Å². The zero-order chi connectivity index (χ0) is 13.2. The van der Waals surface area contributed by atoms with Gasteiger partial charge in [-0.3, -0.25) is 0 Å². The van der Waals surface area contributed by atoms with Gasteiger partial charge >= 0.3 is 0 Å². The summed E-state index contributed by atoms with van der Waals surface area (Å²) in [6, 6.07) is 12.8. The number of hydrogen-bond donors (Lipinski definition) is 1. The molecule has 1 unspecified atom stereocenters. The van der Waals surface area contributed by atoms with E-state index in [9.17, 15) is 4.39 Å². The van der Waals surface area contributed by atoms with E-state index in [4.69, 9.17) is 11.6 Å². The van der Waals surface area contributed by atoms with E-state index in [-0.39, 0.29) is 5.82 Å². The van der Waals surface area contributed by atoms with E-state index in [0.717, 1.165) is 30.1 Å². The molecule has 0 bridgehead atoms. The summed E-state index contributed by atoms with van der Waals surface area (Å²) in [5.74, 6) is 0.365. The molecule has 19 heavy (non-hydrogen) atoms. The van der Waals surface area contributed by atoms with Gasteiger partial charge in [0, 0.05) is 17.3 Å². The minimum Gasteiger partial charge on any atom is -0.384 e. The maximum atomic E-state index is 12.9. The fourth-order valence-electron chi connectivity index (χ4n) is 2.63. The van der Waals surface area contributed by atoms with Crippen LogP contribution in [0.25, 0.3) is 0 Å². The maximum Gasteiger partial charge on any atom is 0.123 e. The van der Waals surface area contributed by atoms with Crippen LogP contribution in [0.5, 0.6) is 0 Å². The number of hydrogen-bond acceptors (Lipinski definition) is 1. The van der Waals surface area contributed by atoms with Crippen molar-refractivity contribution < 1.29 is 4.39 Å². The third-order valence-electron chi connectivity index (χ3n) is 3.60. The number of halogens is 2. The topological polar surface area (TPSA) is 12.0 Å². The molecule has 1 N–H and O–H groups in total. The summed E-state index contributed by atoms with van der Waals surface area (Å²) >= 11 is 5.98. The van der Waals surface area contributed by atoms with Gasteiger partial charge in [-0.2, -0.15) is 0 Å². The number of anilines is 1. The molecule has 0 saturated carbocycles. The Morgan fingerprint density at radius 1 is 1.16 bits per heavy atom. The van der Waals surface area contributed by atoms with Crippen molar-refractivity contribution in [1.82, 2.24) is 0 Å². The minimum atomic E-state index is -0.175. The average Bonchev–Trinajstić information content (AvgIpc) is 2.42. The first-order valence-electron chi connectivity index (χ1n) is 6.47. The fourth-order valence-corrected chi connectivity index (χ4v) is 2.80. The van der Waals surface area contributed by atoms with Crippen LogP contribution < -0.4 is 5.32 Å². The smallest absolute Gasteiger partial charge is 0.123 e. The second-order valence-corrected chi connectivity index (χ2v) is 5.52. The van der Waals surface area contributed by atoms with Gasteiger partial charge in [-0.05, 0) is 54.2 Å². The second kappa shape index (κ2) is 5.22. The zero-order valence-electron chi connectivity index (χ0n) is 10.5. The lowest BCUT2D eigenvalue weighted by Gasteiger charge is -2.26. The minimum absolute atomic E-state index is 0.175. The lowest BCUT2D eigenvalue weighted by molar-refractivity contribution is 0.534. The van der Waals surface area contributed by atoms with E-state index in [1.807, 2.05) is 24.3 Å². The van der Waals surface area contributed by atoms with E-state index in [1.54, 1.807) is 0 Å². The van der Waals surface area contributed by atoms with Crippen LogP contribution in [0, 0.1) is 11.7 Å². The fraction of sp³-hybridized carbons (Fsp3) is 0.250. The lowest BCUT2D eigenvalue weighted by Crippen LogP contribution is -2.24. The van der Waals surface area contributed by atoms with Gasteiger partial charge in [-0.1, -0.05) is 29.8 Å². The number of nitrogens with one attached hydrogen (secondary N) is 1. The Balaban J connectivity index is 1.72. The van der Waals surface area contributed by atoms with Gasteiger partial charge < -0.3 is 5.32 Å². The molecule has 3 heteroatoms. The predicted octanol–water partition coefficient (Wildman–Crippen LogP) is 4.31. The summed E-state index contributed by atoms with van der Waals surface area (Å²) in [6.07, 6.45) is 2.01. The van der Waals surface area contributed by atoms with Crippen LogP contribution in [0.3, 0.4) is 0 Å². The molecule has 1 aliphatic rings. The van der Waals surface area contributed by atoms with E-state index < -0.39 is 0 Å². The van der Waals surface area contributed by atoms with Gasteiger partial charge in [0.1, 0.15) is 5.82 Å². The highest BCUT2D eigenvalue weighted by molar-refractivity contribution is 6.30. The van der Waals surface area contributed by atoms with E-state index >= 15 is 0 Å². The summed E-state index contributed by atoms with van der Waals surface area (Å²) in [7, 11) is 0. The van der Waals surface area contributed by atoms with Crippen LogP contribution >= 0.6 is 11.6 Å². The highest BCUT2D eigenvalue weighted by Crippen LogP contribution is 2.29. The van der Waals surface area contributed by atoms with Crippen LogP contribution in [-0.4, -0.2) is 6.54 Å². The van der Waals surface area contributed by atoms with Crippen molar-refractivity contribution in [3.8, 4) is 0 Å². The first-order chi connectivity index (χ1) is 9.20. The molecule has 0 fully saturated rings. The Hall–Kier alpha value is -1.54. The highest BCUT2D eigenvalue weighted by atomic mass is 35.5. The lowest BCUT2D eigenvalue weighted by atomic mass is 9.89. The normalized spacial score (nSPS) is 17.7. The first kappa shape index (κ1) is 12.5. The Kier molecular flexibility index (Phi) is 3.43. The Bertz CT molecular complexity index is 580. The van der Waals surface area contributed by atoms with Gasteiger partial charge in [-0.15, -0.1) is 0 Å². The maximum absolute atomic E-state index is 12.9. The molecular weight excluding hydrogens is 261 g/mol. The first-order valence-corrected chi connectivity index (χ1v) is 6.85. The molecule has 1 nitrogen and oxygen atoms in total. The van der Waals surface area contributed by atoms with Gasteiger partial charge in [0.05, 0.1) is 0 Å². The molecule has 2 aromatic rings. The predicted molar refractivity (Wildman–Crippen MR) is 77.2 cm³/mol. The summed E-state index contributed by atoms with van der Waals surface area (Å²) in [5, 5.41) is 4.19. The Labute approximate surface area is 117 Å². The number of benzene rings is 2. The molecule has 0 amide bonds. The van der Waals surface area contributed by atoms with E-state index in [0.29, 0.717) is 5.92 Å². The molecule has 1 aliphatic heterocycles. The third-order valence-corrected chi connectivity index (χ3v) is 3.83. The molecule has 0 saturated heterocycles. The van der Waals surface area contributed by atoms with Gasteiger partial charge in [0.25, 0.3) is 0 Å². The molecule has 3 rings (SSSR count). The molecule has 0 aromatic heterocycles. The molecule has 98 valence electrons. The molecule has 0 spiro atoms. The SMILES string of the molecule is Fc1ccc(CC2CNc3cc(Cl)ccc3C2)cc1. The van der Waals surface area contributed by atoms with Crippen molar-refractivity contribution in [2.45, 2.75) is 12.8 Å². The van der Waals surface area contributed by atoms with Crippen LogP contribution in [0.15, 0.2) is 42.5 Å². The van der Waals surface area contributed by atoms with Crippen molar-refractivity contribution >= 4 is 17.3 Å². The van der Waals surface area contributed by atoms with E-state index in [2.05, 4.69) is 11.4 Å². The van der Waals surface area contributed by atoms with Crippen molar-refractivity contribution in [3.63, 3.8) is 0 Å². The zero-order valence-corrected chi connectivity index (χ0v) is 11.3. The monoisotopic (exact) mass is 275 g/mol. The molecule has 1 heterocycles. The summed E-state index contributed by atoms with van der Waals surface area (Å²) < 4.78 is 12.9. The third kappa shape index (κ3) is 2.90. The van der Waals surface area contributed by atoms with Crippen molar-refractivity contribution in [2.24, 2.45) is 5.92 Å². The van der Waals surface area contributed by atoms with Crippen LogP contribution in [0.1, 0.15) is 11.1 Å². The molecular formula is C16H15ClFN. The number of rotatable bonds is 2. The molecule has 1 atom stereocenters. The molecule has 0 aliphatic carbocycles. The van der Waals surface area contributed by atoms with E-state index in [1.165, 1.54) is 23.3 Å². The summed E-state index contributed by atoms with van der Waals surface area (Å²) in [6.45, 7) is 0.935. The highest BCUT2D eigenvalue weighted by Gasteiger charge is 2.18. The van der Waals surface area contributed by atoms with Gasteiger partial charge in [0.15, 0.2) is 0 Å². The largest absolute Gasteiger partial charge is 0.384 e. The average molecular weight is 276 g/mol. The van der Waals surface area contributed by atoms with Gasteiger partial charge in [0.2, 0.25) is 0 Å². The molecule has 2 aromatic carbocycles. The second-order valence-electron chi connectivity index (χ2n) is 5.08. The van der Waals surface area contributed by atoms with Crippen molar-refractivity contribution in [2.75, 3.05) is 11.9 Å².